The van der Waals surface area contributed by atoms with Crippen molar-refractivity contribution in [3.8, 4) is 0 Å². The lowest BCUT2D eigenvalue weighted by atomic mass is 10.2. The monoisotopic (exact) mass is 259 g/mol. The van der Waals surface area contributed by atoms with Gasteiger partial charge < -0.3 is 9.64 Å². The molecule has 100 valence electrons. The maximum Gasteiger partial charge on any atom is 0.325 e. The molecule has 0 bridgehead atoms. The van der Waals surface area contributed by atoms with Gasteiger partial charge in [0.15, 0.2) is 0 Å². The van der Waals surface area contributed by atoms with Gasteiger partial charge in [-0.25, -0.2) is 9.97 Å². The third kappa shape index (κ3) is 3.19. The number of aromatic nitrogens is 2. The molecule has 1 aromatic heterocycles. The smallest absolute Gasteiger partial charge is 0.325 e. The van der Waals surface area contributed by atoms with Crippen LogP contribution >= 0.6 is 0 Å². The SMILES string of the molecule is CCOC(=O)CN(CC)c1ncc2ccccc2n1. The van der Waals surface area contributed by atoms with Crippen LogP contribution in [0.25, 0.3) is 10.9 Å². The van der Waals surface area contributed by atoms with E-state index in [4.69, 9.17) is 4.74 Å². The van der Waals surface area contributed by atoms with Crippen molar-refractivity contribution in [3.63, 3.8) is 0 Å². The molecular formula is C14H17N3O2. The topological polar surface area (TPSA) is 55.3 Å². The zero-order chi connectivity index (χ0) is 13.7. The molecule has 1 heterocycles. The number of fused-ring (bicyclic) bond motifs is 1. The van der Waals surface area contributed by atoms with E-state index >= 15 is 0 Å². The lowest BCUT2D eigenvalue weighted by molar-refractivity contribution is -0.141. The first-order chi connectivity index (χ1) is 9.24. The molecule has 0 saturated carbocycles. The van der Waals surface area contributed by atoms with Crippen LogP contribution in [0, 0.1) is 0 Å². The van der Waals surface area contributed by atoms with Gasteiger partial charge in [-0.3, -0.25) is 4.79 Å². The fourth-order valence-corrected chi connectivity index (χ4v) is 1.80. The van der Waals surface area contributed by atoms with Crippen LogP contribution in [0.4, 0.5) is 5.95 Å². The van der Waals surface area contributed by atoms with Gasteiger partial charge in [-0.15, -0.1) is 0 Å². The molecule has 5 nitrogen and oxygen atoms in total. The first-order valence-corrected chi connectivity index (χ1v) is 6.37. The highest BCUT2D eigenvalue weighted by molar-refractivity contribution is 5.79. The maximum atomic E-state index is 11.5. The Hall–Kier alpha value is -2.17. The number of benzene rings is 1. The summed E-state index contributed by atoms with van der Waals surface area (Å²) in [6, 6.07) is 7.77. The van der Waals surface area contributed by atoms with Crippen LogP contribution in [-0.2, 0) is 9.53 Å². The van der Waals surface area contributed by atoms with Gasteiger partial charge in [-0.1, -0.05) is 18.2 Å². The molecule has 2 rings (SSSR count). The molecule has 0 aliphatic heterocycles. The fraction of sp³-hybridized carbons (Fsp3) is 0.357. The van der Waals surface area contributed by atoms with Gasteiger partial charge in [0.1, 0.15) is 6.54 Å². The van der Waals surface area contributed by atoms with Crippen LogP contribution in [0.15, 0.2) is 30.5 Å². The second kappa shape index (κ2) is 6.13. The van der Waals surface area contributed by atoms with E-state index in [2.05, 4.69) is 9.97 Å². The fourth-order valence-electron chi connectivity index (χ4n) is 1.80. The molecule has 0 radical (unpaired) electrons. The zero-order valence-corrected chi connectivity index (χ0v) is 11.2. The van der Waals surface area contributed by atoms with Crippen molar-refractivity contribution in [2.75, 3.05) is 24.6 Å². The van der Waals surface area contributed by atoms with Gasteiger partial charge in [0.05, 0.1) is 12.1 Å². The third-order valence-electron chi connectivity index (χ3n) is 2.77. The Labute approximate surface area is 112 Å². The minimum Gasteiger partial charge on any atom is -0.465 e. The number of hydrogen-bond acceptors (Lipinski definition) is 5. The molecule has 2 aromatic rings. The molecule has 0 fully saturated rings. The number of rotatable bonds is 5. The van der Waals surface area contributed by atoms with Gasteiger partial charge >= 0.3 is 5.97 Å². The second-order valence-corrected chi connectivity index (χ2v) is 4.05. The normalized spacial score (nSPS) is 10.4. The Kier molecular flexibility index (Phi) is 4.28. The van der Waals surface area contributed by atoms with E-state index in [-0.39, 0.29) is 12.5 Å². The van der Waals surface area contributed by atoms with Crippen LogP contribution < -0.4 is 4.90 Å². The molecule has 0 unspecified atom stereocenters. The first-order valence-electron chi connectivity index (χ1n) is 6.37. The summed E-state index contributed by atoms with van der Waals surface area (Å²) in [7, 11) is 0. The van der Waals surface area contributed by atoms with E-state index in [1.807, 2.05) is 31.2 Å². The number of para-hydroxylation sites is 1. The van der Waals surface area contributed by atoms with Gasteiger partial charge in [-0.2, -0.15) is 0 Å². The quantitative estimate of drug-likeness (QED) is 0.769. The summed E-state index contributed by atoms with van der Waals surface area (Å²) in [5.74, 6) is 0.287. The minimum absolute atomic E-state index is 0.169. The average Bonchev–Trinajstić information content (AvgIpc) is 2.44. The predicted octanol–water partition coefficient (Wildman–Crippen LogP) is 2.02. The van der Waals surface area contributed by atoms with Crippen LogP contribution in [0.2, 0.25) is 0 Å². The Balaban J connectivity index is 2.22. The van der Waals surface area contributed by atoms with Gasteiger partial charge in [0.2, 0.25) is 5.95 Å². The van der Waals surface area contributed by atoms with E-state index in [1.165, 1.54) is 0 Å². The standard InChI is InChI=1S/C14H17N3O2/c1-3-17(10-13(18)19-4-2)14-15-9-11-7-5-6-8-12(11)16-14/h5-9H,3-4,10H2,1-2H3. The average molecular weight is 259 g/mol. The molecule has 0 saturated heterocycles. The Morgan fingerprint density at radius 1 is 1.32 bits per heavy atom. The lowest BCUT2D eigenvalue weighted by Crippen LogP contribution is -2.32. The summed E-state index contributed by atoms with van der Waals surface area (Å²) >= 11 is 0. The number of anilines is 1. The highest BCUT2D eigenvalue weighted by Crippen LogP contribution is 2.14. The summed E-state index contributed by atoms with van der Waals surface area (Å²) in [5.41, 5.74) is 0.870. The molecule has 19 heavy (non-hydrogen) atoms. The number of ether oxygens (including phenoxy) is 1. The van der Waals surface area contributed by atoms with E-state index in [0.29, 0.717) is 19.1 Å². The Morgan fingerprint density at radius 3 is 2.84 bits per heavy atom. The molecule has 0 spiro atoms. The molecule has 0 aliphatic carbocycles. The summed E-state index contributed by atoms with van der Waals surface area (Å²) in [4.78, 5) is 22.1. The highest BCUT2D eigenvalue weighted by atomic mass is 16.5. The van der Waals surface area contributed by atoms with Crippen LogP contribution in [0.3, 0.4) is 0 Å². The predicted molar refractivity (Wildman–Crippen MR) is 74.1 cm³/mol. The van der Waals surface area contributed by atoms with Crippen molar-refractivity contribution >= 4 is 22.8 Å². The molecule has 0 amide bonds. The molecule has 0 atom stereocenters. The van der Waals surface area contributed by atoms with E-state index in [9.17, 15) is 4.79 Å². The van der Waals surface area contributed by atoms with E-state index < -0.39 is 0 Å². The summed E-state index contributed by atoms with van der Waals surface area (Å²) < 4.78 is 4.95. The summed E-state index contributed by atoms with van der Waals surface area (Å²) in [6.45, 7) is 4.95. The summed E-state index contributed by atoms with van der Waals surface area (Å²) in [5, 5.41) is 0.985. The van der Waals surface area contributed by atoms with Crippen molar-refractivity contribution in [1.29, 1.82) is 0 Å². The van der Waals surface area contributed by atoms with Crippen molar-refractivity contribution in [1.82, 2.24) is 9.97 Å². The van der Waals surface area contributed by atoms with Crippen LogP contribution in [-0.4, -0.2) is 35.6 Å². The van der Waals surface area contributed by atoms with Gasteiger partial charge in [-0.05, 0) is 19.9 Å². The number of esters is 1. The molecule has 1 aromatic carbocycles. The van der Waals surface area contributed by atoms with E-state index in [1.54, 1.807) is 18.0 Å². The highest BCUT2D eigenvalue weighted by Gasteiger charge is 2.13. The van der Waals surface area contributed by atoms with Crippen molar-refractivity contribution in [3.05, 3.63) is 30.5 Å². The number of carbonyl (C=O) groups excluding carboxylic acids is 1. The van der Waals surface area contributed by atoms with Crippen LogP contribution in [0.1, 0.15) is 13.8 Å². The van der Waals surface area contributed by atoms with Gasteiger partial charge in [0, 0.05) is 18.1 Å². The molecule has 0 N–H and O–H groups in total. The number of hydrogen-bond donors (Lipinski definition) is 0. The lowest BCUT2D eigenvalue weighted by Gasteiger charge is -2.19. The zero-order valence-electron chi connectivity index (χ0n) is 11.2. The molecular weight excluding hydrogens is 242 g/mol. The van der Waals surface area contributed by atoms with Crippen molar-refractivity contribution in [2.45, 2.75) is 13.8 Å². The third-order valence-corrected chi connectivity index (χ3v) is 2.77. The van der Waals surface area contributed by atoms with Crippen LogP contribution in [0.5, 0.6) is 0 Å². The number of likely N-dealkylation sites (N-methyl/N-ethyl adjacent to an activating group) is 1. The van der Waals surface area contributed by atoms with E-state index in [0.717, 1.165) is 10.9 Å². The second-order valence-electron chi connectivity index (χ2n) is 4.05. The number of nitrogens with zero attached hydrogens (tertiary/aromatic N) is 3. The summed E-state index contributed by atoms with van der Waals surface area (Å²) in [6.07, 6.45) is 1.77. The Morgan fingerprint density at radius 2 is 2.11 bits per heavy atom. The van der Waals surface area contributed by atoms with Gasteiger partial charge in [0.25, 0.3) is 0 Å². The van der Waals surface area contributed by atoms with Crippen molar-refractivity contribution < 1.29 is 9.53 Å². The maximum absolute atomic E-state index is 11.5. The molecule has 0 aliphatic rings. The largest absolute Gasteiger partial charge is 0.465 e. The van der Waals surface area contributed by atoms with Crippen molar-refractivity contribution in [2.24, 2.45) is 0 Å². The molecule has 5 heteroatoms. The number of carbonyl (C=O) groups is 1. The Bertz CT molecular complexity index is 571. The first kappa shape index (κ1) is 13.3. The minimum atomic E-state index is -0.263.